The second kappa shape index (κ2) is 6.76. The molecule has 5 heteroatoms. The van der Waals surface area contributed by atoms with Gasteiger partial charge in [0.2, 0.25) is 5.43 Å². The topological polar surface area (TPSA) is 79.5 Å². The molecule has 0 saturated heterocycles. The Morgan fingerprint density at radius 3 is 2.07 bits per heavy atom. The number of para-hydroxylation sites is 1. The third-order valence-electron chi connectivity index (χ3n) is 5.13. The van der Waals surface area contributed by atoms with Gasteiger partial charge in [-0.3, -0.25) is 4.79 Å². The maximum absolute atomic E-state index is 12.6. The van der Waals surface area contributed by atoms with Crippen molar-refractivity contribution in [3.05, 3.63) is 69.5 Å². The number of fused-ring (bicyclic) bond motifs is 1. The van der Waals surface area contributed by atoms with Crippen molar-refractivity contribution in [2.24, 2.45) is 0 Å². The second-order valence-electron chi connectivity index (χ2n) is 9.45. The molecule has 0 bridgehead atoms. The van der Waals surface area contributed by atoms with E-state index in [2.05, 4.69) is 20.8 Å². The fourth-order valence-corrected chi connectivity index (χ4v) is 3.61. The Kier molecular flexibility index (Phi) is 4.81. The van der Waals surface area contributed by atoms with Gasteiger partial charge in [-0.2, -0.15) is 0 Å². The molecule has 0 aliphatic carbocycles. The van der Waals surface area contributed by atoms with E-state index in [1.807, 2.05) is 26.8 Å². The number of rotatable bonds is 2. The number of benzene rings is 2. The van der Waals surface area contributed by atoms with Crippen LogP contribution in [0.15, 0.2) is 47.4 Å². The summed E-state index contributed by atoms with van der Waals surface area (Å²) in [6, 6.07) is 10.6. The zero-order chi connectivity index (χ0) is 21.7. The van der Waals surface area contributed by atoms with E-state index in [1.165, 1.54) is 6.20 Å². The third-order valence-corrected chi connectivity index (χ3v) is 5.13. The van der Waals surface area contributed by atoms with Crippen LogP contribution in [0.5, 0.6) is 5.75 Å². The number of aromatic carboxylic acids is 1. The highest BCUT2D eigenvalue weighted by atomic mass is 16.4. The quantitative estimate of drug-likeness (QED) is 0.643. The maximum atomic E-state index is 12.6. The number of phenolic OH excluding ortho intramolecular Hbond substituents is 1. The fraction of sp³-hybridized carbons (Fsp3) is 0.333. The molecule has 1 heterocycles. The minimum Gasteiger partial charge on any atom is -0.508 e. The van der Waals surface area contributed by atoms with E-state index in [0.717, 1.165) is 11.1 Å². The molecule has 0 amide bonds. The highest BCUT2D eigenvalue weighted by molar-refractivity contribution is 5.93. The number of hydrogen-bond acceptors (Lipinski definition) is 3. The number of aromatic nitrogens is 1. The van der Waals surface area contributed by atoms with E-state index in [9.17, 15) is 19.8 Å². The van der Waals surface area contributed by atoms with Gasteiger partial charge in [0.25, 0.3) is 0 Å². The van der Waals surface area contributed by atoms with Crippen LogP contribution in [0.25, 0.3) is 16.6 Å². The van der Waals surface area contributed by atoms with Crippen molar-refractivity contribution in [2.45, 2.75) is 52.4 Å². The molecule has 0 fully saturated rings. The molecular weight excluding hydrogens is 366 g/mol. The Bertz CT molecular complexity index is 1170. The van der Waals surface area contributed by atoms with Gasteiger partial charge in [0.15, 0.2) is 0 Å². The average molecular weight is 393 g/mol. The molecule has 0 atom stereocenters. The van der Waals surface area contributed by atoms with E-state index < -0.39 is 11.4 Å². The molecule has 2 aromatic carbocycles. The molecule has 0 radical (unpaired) electrons. The summed E-state index contributed by atoms with van der Waals surface area (Å²) < 4.78 is 1.70. The molecule has 0 aliphatic rings. The van der Waals surface area contributed by atoms with Gasteiger partial charge in [0, 0.05) is 17.6 Å². The Balaban J connectivity index is 2.50. The van der Waals surface area contributed by atoms with Gasteiger partial charge in [0.1, 0.15) is 11.3 Å². The minimum absolute atomic E-state index is 0.139. The lowest BCUT2D eigenvalue weighted by Crippen LogP contribution is -2.22. The molecule has 3 aromatic rings. The largest absolute Gasteiger partial charge is 0.508 e. The summed E-state index contributed by atoms with van der Waals surface area (Å²) in [5, 5.41) is 20.7. The summed E-state index contributed by atoms with van der Waals surface area (Å²) in [6.07, 6.45) is 1.35. The highest BCUT2D eigenvalue weighted by Gasteiger charge is 2.27. The molecule has 1 aromatic heterocycles. The first-order valence-electron chi connectivity index (χ1n) is 9.58. The van der Waals surface area contributed by atoms with Crippen molar-refractivity contribution in [2.75, 3.05) is 0 Å². The van der Waals surface area contributed by atoms with Crippen LogP contribution in [0.4, 0.5) is 0 Å². The van der Waals surface area contributed by atoms with Gasteiger partial charge < -0.3 is 14.8 Å². The van der Waals surface area contributed by atoms with Crippen LogP contribution < -0.4 is 5.43 Å². The highest BCUT2D eigenvalue weighted by Crippen LogP contribution is 2.39. The first-order valence-corrected chi connectivity index (χ1v) is 9.58. The maximum Gasteiger partial charge on any atom is 0.341 e. The van der Waals surface area contributed by atoms with Crippen LogP contribution >= 0.6 is 0 Å². The predicted molar refractivity (Wildman–Crippen MR) is 116 cm³/mol. The molecule has 152 valence electrons. The Hall–Kier alpha value is -3.08. The van der Waals surface area contributed by atoms with Gasteiger partial charge in [-0.1, -0.05) is 53.7 Å². The Morgan fingerprint density at radius 1 is 0.931 bits per heavy atom. The lowest BCUT2D eigenvalue weighted by Gasteiger charge is -2.29. The zero-order valence-electron chi connectivity index (χ0n) is 17.7. The lowest BCUT2D eigenvalue weighted by atomic mass is 9.79. The van der Waals surface area contributed by atoms with Crippen LogP contribution in [0, 0.1) is 0 Å². The molecule has 3 rings (SSSR count). The van der Waals surface area contributed by atoms with Crippen LogP contribution in [-0.2, 0) is 10.8 Å². The fourth-order valence-electron chi connectivity index (χ4n) is 3.61. The number of carbonyl (C=O) groups is 1. The van der Waals surface area contributed by atoms with Crippen molar-refractivity contribution in [3.63, 3.8) is 0 Å². The van der Waals surface area contributed by atoms with Crippen LogP contribution in [0.3, 0.4) is 0 Å². The standard InChI is InChI=1S/C24H27NO4/c1-23(2,3)16-11-17(24(4,5)6)20(26)12-19(16)25-13-15(22(28)29)21(27)14-9-7-8-10-18(14)25/h7-13,26H,1-6H3,(H,28,29). The van der Waals surface area contributed by atoms with Gasteiger partial charge in [-0.15, -0.1) is 0 Å². The molecule has 5 nitrogen and oxygen atoms in total. The third kappa shape index (κ3) is 3.65. The summed E-state index contributed by atoms with van der Waals surface area (Å²) >= 11 is 0. The lowest BCUT2D eigenvalue weighted by molar-refractivity contribution is 0.0695. The summed E-state index contributed by atoms with van der Waals surface area (Å²) in [5.74, 6) is -1.14. The van der Waals surface area contributed by atoms with Crippen molar-refractivity contribution < 1.29 is 15.0 Å². The molecule has 29 heavy (non-hydrogen) atoms. The molecule has 0 saturated carbocycles. The molecule has 0 unspecified atom stereocenters. The molecule has 2 N–H and O–H groups in total. The summed E-state index contributed by atoms with van der Waals surface area (Å²) in [5.41, 5.74) is 1.65. The molecule has 0 aliphatic heterocycles. The predicted octanol–water partition coefficient (Wildman–Crippen LogP) is 4.99. The zero-order valence-corrected chi connectivity index (χ0v) is 17.7. The van der Waals surface area contributed by atoms with Gasteiger partial charge >= 0.3 is 5.97 Å². The number of nitrogens with zero attached hydrogens (tertiary/aromatic N) is 1. The van der Waals surface area contributed by atoms with E-state index in [0.29, 0.717) is 16.6 Å². The molecule has 0 spiro atoms. The van der Waals surface area contributed by atoms with E-state index in [-0.39, 0.29) is 22.1 Å². The van der Waals surface area contributed by atoms with Crippen molar-refractivity contribution >= 4 is 16.9 Å². The number of phenols is 1. The van der Waals surface area contributed by atoms with Crippen LogP contribution in [0.1, 0.15) is 63.0 Å². The monoisotopic (exact) mass is 393 g/mol. The normalized spacial score (nSPS) is 12.3. The Morgan fingerprint density at radius 2 is 1.52 bits per heavy atom. The van der Waals surface area contributed by atoms with Gasteiger partial charge in [-0.25, -0.2) is 4.79 Å². The summed E-state index contributed by atoms with van der Waals surface area (Å²) in [7, 11) is 0. The smallest absolute Gasteiger partial charge is 0.341 e. The number of carboxylic acids is 1. The van der Waals surface area contributed by atoms with Crippen LogP contribution in [0.2, 0.25) is 0 Å². The number of pyridine rings is 1. The van der Waals surface area contributed by atoms with Crippen molar-refractivity contribution in [1.82, 2.24) is 4.57 Å². The summed E-state index contributed by atoms with van der Waals surface area (Å²) in [4.78, 5) is 24.4. The molecular formula is C24H27NO4. The average Bonchev–Trinajstić information content (AvgIpc) is 2.59. The van der Waals surface area contributed by atoms with Crippen molar-refractivity contribution in [3.8, 4) is 11.4 Å². The Labute approximate surface area is 170 Å². The number of carboxylic acid groups (broad SMARTS) is 1. The van der Waals surface area contributed by atoms with E-state index in [4.69, 9.17) is 0 Å². The summed E-state index contributed by atoms with van der Waals surface area (Å²) in [6.45, 7) is 12.3. The minimum atomic E-state index is -1.28. The van der Waals surface area contributed by atoms with Crippen LogP contribution in [-0.4, -0.2) is 20.7 Å². The first-order chi connectivity index (χ1) is 13.3. The van der Waals surface area contributed by atoms with E-state index in [1.54, 1.807) is 34.9 Å². The van der Waals surface area contributed by atoms with E-state index >= 15 is 0 Å². The first kappa shape index (κ1) is 20.6. The van der Waals surface area contributed by atoms with Gasteiger partial charge in [-0.05, 0) is 40.2 Å². The second-order valence-corrected chi connectivity index (χ2v) is 9.45. The van der Waals surface area contributed by atoms with Gasteiger partial charge in [0.05, 0.1) is 11.2 Å². The number of aromatic hydroxyl groups is 1. The van der Waals surface area contributed by atoms with Crippen molar-refractivity contribution in [1.29, 1.82) is 0 Å². The number of hydrogen-bond donors (Lipinski definition) is 2. The SMILES string of the molecule is CC(C)(C)c1cc(C(C)(C)C)c(-n2cc(C(=O)O)c(=O)c3ccccc32)cc1O.